The first kappa shape index (κ1) is 20.2. The van der Waals surface area contributed by atoms with Crippen LogP contribution in [0, 0.1) is 0 Å². The molecule has 0 rings (SSSR count). The van der Waals surface area contributed by atoms with Crippen LogP contribution in [0.4, 0.5) is 0 Å². The van der Waals surface area contributed by atoms with E-state index < -0.39 is 5.97 Å². The maximum absolute atomic E-state index is 11.6. The van der Waals surface area contributed by atoms with Crippen molar-refractivity contribution in [1.82, 2.24) is 5.32 Å². The van der Waals surface area contributed by atoms with Gasteiger partial charge in [0.15, 0.2) is 0 Å². The minimum absolute atomic E-state index is 0.00396. The number of hydrogen-bond acceptors (Lipinski definition) is 4. The van der Waals surface area contributed by atoms with Gasteiger partial charge in [0.2, 0.25) is 5.91 Å². The maximum Gasteiger partial charge on any atom is 0.303 e. The lowest BCUT2D eigenvalue weighted by Gasteiger charge is -2.30. The summed E-state index contributed by atoms with van der Waals surface area (Å²) in [6, 6.07) is 0. The van der Waals surface area contributed by atoms with Crippen molar-refractivity contribution in [2.45, 2.75) is 70.9 Å². The molecular formula is C15H29NO4S. The molecule has 1 amide bonds. The van der Waals surface area contributed by atoms with Gasteiger partial charge in [-0.2, -0.15) is 12.6 Å². The Balaban J connectivity index is 4.03. The van der Waals surface area contributed by atoms with Crippen LogP contribution in [-0.2, 0) is 14.3 Å². The Hall–Kier alpha value is -0.750. The number of amides is 1. The molecule has 5 nitrogen and oxygen atoms in total. The van der Waals surface area contributed by atoms with Crippen LogP contribution in [0.25, 0.3) is 0 Å². The Labute approximate surface area is 133 Å². The number of ether oxygens (including phenoxy) is 1. The highest BCUT2D eigenvalue weighted by atomic mass is 32.1. The molecule has 0 aromatic heterocycles. The number of rotatable bonds is 11. The first-order valence-corrected chi connectivity index (χ1v) is 7.99. The van der Waals surface area contributed by atoms with E-state index in [2.05, 4.69) is 17.9 Å². The van der Waals surface area contributed by atoms with Crippen LogP contribution in [0.15, 0.2) is 0 Å². The second-order valence-electron chi connectivity index (χ2n) is 6.51. The zero-order valence-electron chi connectivity index (χ0n) is 13.6. The number of carbonyl (C=O) groups is 2. The molecule has 0 bridgehead atoms. The summed E-state index contributed by atoms with van der Waals surface area (Å²) >= 11 is 4.04. The standard InChI is InChI=1S/C15H29NO4S/c1-14(2,16-12(17)7-11-21)9-10-20-15(3,4)8-5-6-13(18)19/h21H,5-11H2,1-4H3,(H,16,17)(H,18,19). The lowest BCUT2D eigenvalue weighted by Crippen LogP contribution is -2.44. The molecule has 0 aromatic carbocycles. The van der Waals surface area contributed by atoms with E-state index in [0.717, 1.165) is 0 Å². The monoisotopic (exact) mass is 319 g/mol. The molecule has 2 N–H and O–H groups in total. The van der Waals surface area contributed by atoms with Crippen LogP contribution in [0.3, 0.4) is 0 Å². The highest BCUT2D eigenvalue weighted by molar-refractivity contribution is 7.80. The molecule has 0 saturated heterocycles. The predicted molar refractivity (Wildman–Crippen MR) is 86.8 cm³/mol. The van der Waals surface area contributed by atoms with Gasteiger partial charge < -0.3 is 15.2 Å². The van der Waals surface area contributed by atoms with E-state index >= 15 is 0 Å². The molecule has 0 aromatic rings. The third-order valence-corrected chi connectivity index (χ3v) is 3.43. The van der Waals surface area contributed by atoms with Crippen molar-refractivity contribution in [1.29, 1.82) is 0 Å². The molecule has 0 fully saturated rings. The van der Waals surface area contributed by atoms with Crippen molar-refractivity contribution in [2.75, 3.05) is 12.4 Å². The molecule has 21 heavy (non-hydrogen) atoms. The number of aliphatic carboxylic acids is 1. The summed E-state index contributed by atoms with van der Waals surface area (Å²) in [5.41, 5.74) is -0.669. The zero-order chi connectivity index (χ0) is 16.5. The molecule has 0 unspecified atom stereocenters. The van der Waals surface area contributed by atoms with Gasteiger partial charge >= 0.3 is 5.97 Å². The fourth-order valence-corrected chi connectivity index (χ4v) is 2.13. The minimum Gasteiger partial charge on any atom is -0.481 e. The van der Waals surface area contributed by atoms with Gasteiger partial charge in [-0.15, -0.1) is 0 Å². The van der Waals surface area contributed by atoms with E-state index in [-0.39, 0.29) is 23.5 Å². The van der Waals surface area contributed by atoms with Crippen LogP contribution in [0.1, 0.15) is 59.8 Å². The Morgan fingerprint density at radius 3 is 2.29 bits per heavy atom. The molecule has 0 radical (unpaired) electrons. The third-order valence-electron chi connectivity index (χ3n) is 3.21. The first-order chi connectivity index (χ1) is 9.58. The Morgan fingerprint density at radius 2 is 1.76 bits per heavy atom. The lowest BCUT2D eigenvalue weighted by atomic mass is 9.99. The van der Waals surface area contributed by atoms with Crippen LogP contribution in [0.2, 0.25) is 0 Å². The molecule has 0 heterocycles. The van der Waals surface area contributed by atoms with Crippen molar-refractivity contribution in [3.8, 4) is 0 Å². The number of nitrogens with one attached hydrogen (secondary N) is 1. The fourth-order valence-electron chi connectivity index (χ4n) is 1.92. The number of carboxylic acid groups (broad SMARTS) is 1. The van der Waals surface area contributed by atoms with Crippen LogP contribution < -0.4 is 5.32 Å². The van der Waals surface area contributed by atoms with Gasteiger partial charge in [0.1, 0.15) is 0 Å². The average molecular weight is 319 g/mol. The molecule has 0 saturated carbocycles. The molecule has 6 heteroatoms. The van der Waals surface area contributed by atoms with Crippen molar-refractivity contribution >= 4 is 24.5 Å². The molecule has 0 aliphatic carbocycles. The van der Waals surface area contributed by atoms with Crippen molar-refractivity contribution in [3.63, 3.8) is 0 Å². The summed E-state index contributed by atoms with van der Waals surface area (Å²) in [6.45, 7) is 8.37. The summed E-state index contributed by atoms with van der Waals surface area (Å²) in [5, 5.41) is 11.6. The first-order valence-electron chi connectivity index (χ1n) is 7.36. The number of carbonyl (C=O) groups excluding carboxylic acids is 1. The van der Waals surface area contributed by atoms with Gasteiger partial charge in [0.05, 0.1) is 5.60 Å². The summed E-state index contributed by atoms with van der Waals surface area (Å²) in [7, 11) is 0. The SMILES string of the molecule is CC(C)(CCOC(C)(C)CCCC(=O)O)NC(=O)CCS. The highest BCUT2D eigenvalue weighted by Crippen LogP contribution is 2.20. The number of carboxylic acids is 1. The smallest absolute Gasteiger partial charge is 0.303 e. The van der Waals surface area contributed by atoms with E-state index in [4.69, 9.17) is 9.84 Å². The predicted octanol–water partition coefficient (Wildman–Crippen LogP) is 2.64. The van der Waals surface area contributed by atoms with E-state index in [1.54, 1.807) is 0 Å². The average Bonchev–Trinajstić information content (AvgIpc) is 2.26. The minimum atomic E-state index is -0.779. The summed E-state index contributed by atoms with van der Waals surface area (Å²) in [6.07, 6.45) is 2.58. The van der Waals surface area contributed by atoms with Gasteiger partial charge in [-0.25, -0.2) is 0 Å². The van der Waals surface area contributed by atoms with E-state index in [9.17, 15) is 9.59 Å². The molecular weight excluding hydrogens is 290 g/mol. The lowest BCUT2D eigenvalue weighted by molar-refractivity contribution is -0.137. The van der Waals surface area contributed by atoms with Crippen molar-refractivity contribution in [3.05, 3.63) is 0 Å². The van der Waals surface area contributed by atoms with Gasteiger partial charge in [-0.05, 0) is 52.7 Å². The molecule has 0 atom stereocenters. The van der Waals surface area contributed by atoms with E-state index in [1.807, 2.05) is 27.7 Å². The van der Waals surface area contributed by atoms with Gasteiger partial charge in [-0.1, -0.05) is 0 Å². The second-order valence-corrected chi connectivity index (χ2v) is 6.96. The normalized spacial score (nSPS) is 12.2. The third kappa shape index (κ3) is 11.6. The summed E-state index contributed by atoms with van der Waals surface area (Å²) in [4.78, 5) is 22.1. The van der Waals surface area contributed by atoms with Gasteiger partial charge in [0, 0.05) is 25.0 Å². The topological polar surface area (TPSA) is 75.6 Å². The van der Waals surface area contributed by atoms with E-state index in [1.165, 1.54) is 0 Å². The quantitative estimate of drug-likeness (QED) is 0.512. The largest absolute Gasteiger partial charge is 0.481 e. The summed E-state index contributed by atoms with van der Waals surface area (Å²) < 4.78 is 5.83. The Kier molecular flexibility index (Phi) is 8.97. The zero-order valence-corrected chi connectivity index (χ0v) is 14.5. The highest BCUT2D eigenvalue weighted by Gasteiger charge is 2.23. The second kappa shape index (κ2) is 9.30. The van der Waals surface area contributed by atoms with Crippen molar-refractivity contribution in [2.24, 2.45) is 0 Å². The maximum atomic E-state index is 11.6. The Bertz CT molecular complexity index is 343. The molecule has 0 aliphatic heterocycles. The van der Waals surface area contributed by atoms with Gasteiger partial charge in [-0.3, -0.25) is 9.59 Å². The van der Waals surface area contributed by atoms with Gasteiger partial charge in [0.25, 0.3) is 0 Å². The van der Waals surface area contributed by atoms with Crippen LogP contribution in [-0.4, -0.2) is 40.5 Å². The summed E-state index contributed by atoms with van der Waals surface area (Å²) in [5.74, 6) is -0.246. The fraction of sp³-hybridized carbons (Fsp3) is 0.867. The van der Waals surface area contributed by atoms with Crippen LogP contribution >= 0.6 is 12.6 Å². The number of hydrogen-bond donors (Lipinski definition) is 3. The molecule has 0 spiro atoms. The van der Waals surface area contributed by atoms with E-state index in [0.29, 0.717) is 38.0 Å². The van der Waals surface area contributed by atoms with Crippen molar-refractivity contribution < 1.29 is 19.4 Å². The molecule has 0 aliphatic rings. The Morgan fingerprint density at radius 1 is 1.14 bits per heavy atom. The van der Waals surface area contributed by atoms with Crippen LogP contribution in [0.5, 0.6) is 0 Å². The number of thiol groups is 1. The molecule has 124 valence electrons.